The molecule has 0 radical (unpaired) electrons. The number of amides is 1. The smallest absolute Gasteiger partial charge is 0.220 e. The molecule has 1 N–H and O–H groups in total. The van der Waals surface area contributed by atoms with Gasteiger partial charge < -0.3 is 5.32 Å². The van der Waals surface area contributed by atoms with Crippen LogP contribution in [0.15, 0.2) is 0 Å². The summed E-state index contributed by atoms with van der Waals surface area (Å²) in [5.41, 5.74) is 0. The molecule has 78 valence electrons. The molecular weight excluding hydrogens is 162 g/mol. The molecule has 2 unspecified atom stereocenters. The van der Waals surface area contributed by atoms with E-state index in [1.807, 2.05) is 6.92 Å². The third-order valence-corrected chi connectivity index (χ3v) is 2.59. The summed E-state index contributed by atoms with van der Waals surface area (Å²) < 4.78 is 0. The Bertz CT molecular complexity index is 145. The number of rotatable bonds is 6. The highest BCUT2D eigenvalue weighted by Gasteiger charge is 2.15. The number of nitrogens with one attached hydrogen (secondary N) is 1. The fraction of sp³-hybridized carbons (Fsp3) is 0.909. The summed E-state index contributed by atoms with van der Waals surface area (Å²) in [6, 6.07) is 0.365. The van der Waals surface area contributed by atoms with Crippen LogP contribution in [0.4, 0.5) is 0 Å². The van der Waals surface area contributed by atoms with E-state index in [0.717, 1.165) is 19.3 Å². The zero-order valence-corrected chi connectivity index (χ0v) is 9.39. The number of hydrogen-bond acceptors (Lipinski definition) is 1. The molecule has 2 heteroatoms. The molecule has 2 nitrogen and oxygen atoms in total. The van der Waals surface area contributed by atoms with Gasteiger partial charge in [0.2, 0.25) is 5.91 Å². The predicted octanol–water partition coefficient (Wildman–Crippen LogP) is 2.73. The van der Waals surface area contributed by atoms with Gasteiger partial charge in [0.25, 0.3) is 0 Å². The summed E-state index contributed by atoms with van der Waals surface area (Å²) in [7, 11) is 0. The molecule has 0 fully saturated rings. The van der Waals surface area contributed by atoms with Gasteiger partial charge in [0, 0.05) is 12.5 Å². The van der Waals surface area contributed by atoms with Crippen molar-refractivity contribution in [1.29, 1.82) is 0 Å². The van der Waals surface area contributed by atoms with E-state index >= 15 is 0 Å². The minimum Gasteiger partial charge on any atom is -0.353 e. The van der Waals surface area contributed by atoms with Crippen LogP contribution in [0.5, 0.6) is 0 Å². The van der Waals surface area contributed by atoms with Gasteiger partial charge in [0.1, 0.15) is 0 Å². The Hall–Kier alpha value is -0.530. The molecule has 0 aromatic carbocycles. The molecule has 0 heterocycles. The van der Waals surface area contributed by atoms with Gasteiger partial charge >= 0.3 is 0 Å². The number of hydrogen-bond donors (Lipinski definition) is 1. The van der Waals surface area contributed by atoms with Crippen molar-refractivity contribution >= 4 is 5.91 Å². The van der Waals surface area contributed by atoms with E-state index < -0.39 is 0 Å². The molecule has 2 atom stereocenters. The SMILES string of the molecule is CCCC(=O)NC(CC)C(C)CC. The molecule has 0 rings (SSSR count). The minimum atomic E-state index is 0.203. The van der Waals surface area contributed by atoms with E-state index in [9.17, 15) is 4.79 Å². The number of carbonyl (C=O) groups is 1. The molecule has 0 saturated heterocycles. The second-order valence-electron chi connectivity index (χ2n) is 3.72. The van der Waals surface area contributed by atoms with E-state index in [1.165, 1.54) is 0 Å². The maximum absolute atomic E-state index is 11.3. The lowest BCUT2D eigenvalue weighted by molar-refractivity contribution is -0.122. The molecule has 0 saturated carbocycles. The zero-order chi connectivity index (χ0) is 10.3. The summed E-state index contributed by atoms with van der Waals surface area (Å²) in [6.07, 6.45) is 3.76. The normalized spacial score (nSPS) is 15.1. The van der Waals surface area contributed by atoms with Crippen molar-refractivity contribution in [3.63, 3.8) is 0 Å². The molecule has 0 aliphatic carbocycles. The van der Waals surface area contributed by atoms with Crippen molar-refractivity contribution in [1.82, 2.24) is 5.32 Å². The summed E-state index contributed by atoms with van der Waals surface area (Å²) in [6.45, 7) is 8.52. The first kappa shape index (κ1) is 12.5. The van der Waals surface area contributed by atoms with Gasteiger partial charge in [-0.1, -0.05) is 34.1 Å². The summed E-state index contributed by atoms with van der Waals surface area (Å²) >= 11 is 0. The standard InChI is InChI=1S/C11H23NO/c1-5-8-11(13)12-10(7-3)9(4)6-2/h9-10H,5-8H2,1-4H3,(H,12,13). The van der Waals surface area contributed by atoms with E-state index in [0.29, 0.717) is 18.4 Å². The third-order valence-electron chi connectivity index (χ3n) is 2.59. The van der Waals surface area contributed by atoms with E-state index in [2.05, 4.69) is 26.1 Å². The predicted molar refractivity (Wildman–Crippen MR) is 56.6 cm³/mol. The topological polar surface area (TPSA) is 29.1 Å². The van der Waals surface area contributed by atoms with Crippen LogP contribution < -0.4 is 5.32 Å². The Balaban J connectivity index is 3.89. The first-order valence-electron chi connectivity index (χ1n) is 5.44. The lowest BCUT2D eigenvalue weighted by Gasteiger charge is -2.22. The summed E-state index contributed by atoms with van der Waals surface area (Å²) in [5, 5.41) is 3.08. The van der Waals surface area contributed by atoms with Gasteiger partial charge in [-0.3, -0.25) is 4.79 Å². The second kappa shape index (κ2) is 6.93. The highest BCUT2D eigenvalue weighted by atomic mass is 16.1. The Morgan fingerprint density at radius 1 is 1.23 bits per heavy atom. The molecular formula is C11H23NO. The molecule has 0 bridgehead atoms. The van der Waals surface area contributed by atoms with E-state index in [-0.39, 0.29) is 5.91 Å². The van der Waals surface area contributed by atoms with Gasteiger partial charge in [-0.25, -0.2) is 0 Å². The van der Waals surface area contributed by atoms with Crippen molar-refractivity contribution < 1.29 is 4.79 Å². The van der Waals surface area contributed by atoms with Crippen molar-refractivity contribution in [2.45, 2.75) is 59.4 Å². The van der Waals surface area contributed by atoms with Crippen LogP contribution >= 0.6 is 0 Å². The van der Waals surface area contributed by atoms with Gasteiger partial charge in [0.05, 0.1) is 0 Å². The van der Waals surface area contributed by atoms with Crippen LogP contribution in [0.1, 0.15) is 53.4 Å². The Kier molecular flexibility index (Phi) is 6.65. The first-order chi connectivity index (χ1) is 6.15. The Morgan fingerprint density at radius 3 is 2.23 bits per heavy atom. The Labute approximate surface area is 82.1 Å². The average molecular weight is 185 g/mol. The monoisotopic (exact) mass is 185 g/mol. The highest BCUT2D eigenvalue weighted by Crippen LogP contribution is 2.10. The van der Waals surface area contributed by atoms with Crippen LogP contribution in [0.2, 0.25) is 0 Å². The fourth-order valence-corrected chi connectivity index (χ4v) is 1.44. The highest BCUT2D eigenvalue weighted by molar-refractivity contribution is 5.76. The third kappa shape index (κ3) is 4.91. The van der Waals surface area contributed by atoms with Gasteiger partial charge in [-0.2, -0.15) is 0 Å². The molecule has 0 aromatic rings. The second-order valence-corrected chi connectivity index (χ2v) is 3.72. The van der Waals surface area contributed by atoms with Crippen molar-refractivity contribution in [2.24, 2.45) is 5.92 Å². The zero-order valence-electron chi connectivity index (χ0n) is 9.39. The van der Waals surface area contributed by atoms with Crippen LogP contribution in [0.3, 0.4) is 0 Å². The van der Waals surface area contributed by atoms with Crippen LogP contribution in [0.25, 0.3) is 0 Å². The average Bonchev–Trinajstić information content (AvgIpc) is 2.13. The van der Waals surface area contributed by atoms with Gasteiger partial charge in [-0.15, -0.1) is 0 Å². The summed E-state index contributed by atoms with van der Waals surface area (Å²) in [5.74, 6) is 0.792. The minimum absolute atomic E-state index is 0.203. The van der Waals surface area contributed by atoms with Crippen molar-refractivity contribution in [3.8, 4) is 0 Å². The molecule has 0 aromatic heterocycles. The molecule has 13 heavy (non-hydrogen) atoms. The fourth-order valence-electron chi connectivity index (χ4n) is 1.44. The Morgan fingerprint density at radius 2 is 1.85 bits per heavy atom. The first-order valence-corrected chi connectivity index (χ1v) is 5.44. The van der Waals surface area contributed by atoms with Crippen LogP contribution in [-0.2, 0) is 4.79 Å². The largest absolute Gasteiger partial charge is 0.353 e. The maximum Gasteiger partial charge on any atom is 0.220 e. The summed E-state index contributed by atoms with van der Waals surface area (Å²) in [4.78, 5) is 11.3. The van der Waals surface area contributed by atoms with E-state index in [4.69, 9.17) is 0 Å². The lowest BCUT2D eigenvalue weighted by atomic mass is 9.97. The number of carbonyl (C=O) groups excluding carboxylic acids is 1. The maximum atomic E-state index is 11.3. The van der Waals surface area contributed by atoms with Crippen molar-refractivity contribution in [3.05, 3.63) is 0 Å². The van der Waals surface area contributed by atoms with Gasteiger partial charge in [0.15, 0.2) is 0 Å². The van der Waals surface area contributed by atoms with Crippen molar-refractivity contribution in [2.75, 3.05) is 0 Å². The van der Waals surface area contributed by atoms with E-state index in [1.54, 1.807) is 0 Å². The van der Waals surface area contributed by atoms with Crippen LogP contribution in [-0.4, -0.2) is 11.9 Å². The molecule has 0 spiro atoms. The quantitative estimate of drug-likeness (QED) is 0.677. The molecule has 1 amide bonds. The lowest BCUT2D eigenvalue weighted by Crippen LogP contribution is -2.38. The molecule has 0 aliphatic heterocycles. The molecule has 0 aliphatic rings. The van der Waals surface area contributed by atoms with Crippen LogP contribution in [0, 0.1) is 5.92 Å². The van der Waals surface area contributed by atoms with Gasteiger partial charge in [-0.05, 0) is 18.8 Å².